The van der Waals surface area contributed by atoms with Gasteiger partial charge in [-0.15, -0.1) is 0 Å². The fourth-order valence-electron chi connectivity index (χ4n) is 4.36. The second-order valence-electron chi connectivity index (χ2n) is 8.14. The molecule has 0 aliphatic carbocycles. The molecule has 2 aliphatic rings. The van der Waals surface area contributed by atoms with E-state index in [1.165, 1.54) is 11.1 Å². The van der Waals surface area contributed by atoms with Crippen LogP contribution in [0.1, 0.15) is 29.9 Å². The standard InChI is InChI=1S/C22H31N5O/c1-24-17-21(15-23-24)20-7-9-25(10-8-20)18-22(28)27-13-11-26(12-14-27)16-19-5-3-2-4-6-19/h2-6,15,17,20H,7-14,16,18H2,1H3. The van der Waals surface area contributed by atoms with Crippen LogP contribution in [-0.4, -0.2) is 76.2 Å². The van der Waals surface area contributed by atoms with Crippen LogP contribution in [-0.2, 0) is 18.4 Å². The van der Waals surface area contributed by atoms with E-state index in [1.807, 2.05) is 17.9 Å². The van der Waals surface area contributed by atoms with Crippen molar-refractivity contribution in [2.45, 2.75) is 25.3 Å². The molecule has 0 saturated carbocycles. The van der Waals surface area contributed by atoms with E-state index in [2.05, 4.69) is 56.3 Å². The van der Waals surface area contributed by atoms with Gasteiger partial charge in [-0.25, -0.2) is 0 Å². The molecule has 0 bridgehead atoms. The number of carbonyl (C=O) groups excluding carboxylic acids is 1. The van der Waals surface area contributed by atoms with Gasteiger partial charge in [0.1, 0.15) is 0 Å². The first kappa shape index (κ1) is 19.2. The largest absolute Gasteiger partial charge is 0.339 e. The topological polar surface area (TPSA) is 44.6 Å². The van der Waals surface area contributed by atoms with E-state index in [9.17, 15) is 4.79 Å². The van der Waals surface area contributed by atoms with Crippen LogP contribution in [0.25, 0.3) is 0 Å². The fourth-order valence-corrected chi connectivity index (χ4v) is 4.36. The summed E-state index contributed by atoms with van der Waals surface area (Å²) in [6.45, 7) is 7.16. The molecule has 0 N–H and O–H groups in total. The number of aromatic nitrogens is 2. The number of hydrogen-bond donors (Lipinski definition) is 0. The van der Waals surface area contributed by atoms with Gasteiger partial charge in [0.25, 0.3) is 0 Å². The zero-order valence-electron chi connectivity index (χ0n) is 16.8. The summed E-state index contributed by atoms with van der Waals surface area (Å²) in [5.41, 5.74) is 2.68. The number of benzene rings is 1. The van der Waals surface area contributed by atoms with Crippen molar-refractivity contribution in [3.05, 3.63) is 53.9 Å². The minimum Gasteiger partial charge on any atom is -0.339 e. The molecule has 1 aromatic heterocycles. The van der Waals surface area contributed by atoms with Gasteiger partial charge < -0.3 is 4.90 Å². The molecular weight excluding hydrogens is 350 g/mol. The first-order valence-electron chi connectivity index (χ1n) is 10.4. The van der Waals surface area contributed by atoms with Gasteiger partial charge in [0.05, 0.1) is 12.7 Å². The number of likely N-dealkylation sites (tertiary alicyclic amines) is 1. The molecule has 2 fully saturated rings. The smallest absolute Gasteiger partial charge is 0.236 e. The van der Waals surface area contributed by atoms with E-state index in [-0.39, 0.29) is 0 Å². The van der Waals surface area contributed by atoms with E-state index in [1.54, 1.807) is 0 Å². The second-order valence-corrected chi connectivity index (χ2v) is 8.14. The number of carbonyl (C=O) groups is 1. The number of rotatable bonds is 5. The van der Waals surface area contributed by atoms with Crippen LogP contribution in [0.2, 0.25) is 0 Å². The first-order chi connectivity index (χ1) is 13.7. The lowest BCUT2D eigenvalue weighted by atomic mass is 9.91. The summed E-state index contributed by atoms with van der Waals surface area (Å²) in [5.74, 6) is 0.876. The highest BCUT2D eigenvalue weighted by Crippen LogP contribution is 2.27. The van der Waals surface area contributed by atoms with Crippen molar-refractivity contribution in [1.82, 2.24) is 24.5 Å². The van der Waals surface area contributed by atoms with E-state index >= 15 is 0 Å². The van der Waals surface area contributed by atoms with Crippen LogP contribution in [0, 0.1) is 0 Å². The summed E-state index contributed by atoms with van der Waals surface area (Å²) < 4.78 is 1.88. The van der Waals surface area contributed by atoms with Crippen molar-refractivity contribution >= 4 is 5.91 Å². The Labute approximate surface area is 167 Å². The van der Waals surface area contributed by atoms with Crippen molar-refractivity contribution < 1.29 is 4.79 Å². The Morgan fingerprint density at radius 3 is 2.36 bits per heavy atom. The number of aryl methyl sites for hydroxylation is 1. The lowest BCUT2D eigenvalue weighted by Gasteiger charge is -2.37. The zero-order chi connectivity index (χ0) is 19.3. The van der Waals surface area contributed by atoms with Crippen molar-refractivity contribution in [1.29, 1.82) is 0 Å². The van der Waals surface area contributed by atoms with Crippen LogP contribution < -0.4 is 0 Å². The molecule has 0 spiro atoms. The molecule has 2 aromatic rings. The summed E-state index contributed by atoms with van der Waals surface area (Å²) in [6, 6.07) is 10.6. The number of nitrogens with zero attached hydrogens (tertiary/aromatic N) is 5. The van der Waals surface area contributed by atoms with Gasteiger partial charge in [0, 0.05) is 46.0 Å². The molecule has 0 unspecified atom stereocenters. The monoisotopic (exact) mass is 381 g/mol. The SMILES string of the molecule is Cn1cc(C2CCN(CC(=O)N3CCN(Cc4ccccc4)CC3)CC2)cn1. The van der Waals surface area contributed by atoms with Gasteiger partial charge in [-0.05, 0) is 43.0 Å². The van der Waals surface area contributed by atoms with E-state index in [0.717, 1.165) is 58.7 Å². The molecule has 2 aliphatic heterocycles. The number of amides is 1. The zero-order valence-corrected chi connectivity index (χ0v) is 16.8. The van der Waals surface area contributed by atoms with Crippen molar-refractivity contribution in [3.8, 4) is 0 Å². The highest BCUT2D eigenvalue weighted by atomic mass is 16.2. The average Bonchev–Trinajstić information content (AvgIpc) is 3.16. The normalized spacial score (nSPS) is 19.8. The van der Waals surface area contributed by atoms with E-state index in [0.29, 0.717) is 18.4 Å². The molecule has 0 atom stereocenters. The third kappa shape index (κ3) is 4.80. The Balaban J connectivity index is 1.19. The summed E-state index contributed by atoms with van der Waals surface area (Å²) in [7, 11) is 1.97. The van der Waals surface area contributed by atoms with Gasteiger partial charge in [0.2, 0.25) is 5.91 Å². The molecule has 2 saturated heterocycles. The second kappa shape index (κ2) is 8.88. The van der Waals surface area contributed by atoms with Crippen molar-refractivity contribution in [2.24, 2.45) is 7.05 Å². The highest BCUT2D eigenvalue weighted by Gasteiger charge is 2.26. The van der Waals surface area contributed by atoms with Gasteiger partial charge in [-0.2, -0.15) is 5.10 Å². The maximum Gasteiger partial charge on any atom is 0.236 e. The lowest BCUT2D eigenvalue weighted by molar-refractivity contribution is -0.134. The van der Waals surface area contributed by atoms with Crippen LogP contribution in [0.3, 0.4) is 0 Å². The van der Waals surface area contributed by atoms with Crippen LogP contribution in [0.4, 0.5) is 0 Å². The summed E-state index contributed by atoms with van der Waals surface area (Å²) in [5, 5.41) is 4.29. The summed E-state index contributed by atoms with van der Waals surface area (Å²) in [6.07, 6.45) is 6.34. The highest BCUT2D eigenvalue weighted by molar-refractivity contribution is 5.78. The average molecular weight is 382 g/mol. The minimum atomic E-state index is 0.291. The molecule has 150 valence electrons. The van der Waals surface area contributed by atoms with Gasteiger partial charge >= 0.3 is 0 Å². The fraction of sp³-hybridized carbons (Fsp3) is 0.545. The Hall–Kier alpha value is -2.18. The number of piperazine rings is 1. The molecule has 6 nitrogen and oxygen atoms in total. The van der Waals surface area contributed by atoms with Crippen molar-refractivity contribution in [3.63, 3.8) is 0 Å². The maximum atomic E-state index is 12.7. The minimum absolute atomic E-state index is 0.291. The van der Waals surface area contributed by atoms with Crippen LogP contribution in [0.5, 0.6) is 0 Å². The Kier molecular flexibility index (Phi) is 6.07. The lowest BCUT2D eigenvalue weighted by Crippen LogP contribution is -2.51. The third-order valence-electron chi connectivity index (χ3n) is 6.12. The van der Waals surface area contributed by atoms with Crippen LogP contribution in [0.15, 0.2) is 42.7 Å². The molecule has 1 amide bonds. The van der Waals surface area contributed by atoms with Gasteiger partial charge in [-0.3, -0.25) is 19.3 Å². The van der Waals surface area contributed by atoms with Crippen molar-refractivity contribution in [2.75, 3.05) is 45.8 Å². The Bertz CT molecular complexity index is 758. The molecule has 3 heterocycles. The Morgan fingerprint density at radius 2 is 1.71 bits per heavy atom. The first-order valence-corrected chi connectivity index (χ1v) is 10.4. The van der Waals surface area contributed by atoms with Gasteiger partial charge in [0.15, 0.2) is 0 Å². The Morgan fingerprint density at radius 1 is 1.00 bits per heavy atom. The predicted octanol–water partition coefficient (Wildman–Crippen LogP) is 1.94. The maximum absolute atomic E-state index is 12.7. The molecule has 4 rings (SSSR count). The van der Waals surface area contributed by atoms with E-state index < -0.39 is 0 Å². The molecule has 1 aromatic carbocycles. The van der Waals surface area contributed by atoms with Crippen LogP contribution >= 0.6 is 0 Å². The molecule has 28 heavy (non-hydrogen) atoms. The van der Waals surface area contributed by atoms with E-state index in [4.69, 9.17) is 0 Å². The summed E-state index contributed by atoms with van der Waals surface area (Å²) in [4.78, 5) is 19.6. The number of hydrogen-bond acceptors (Lipinski definition) is 4. The molecular formula is C22H31N5O. The number of piperidine rings is 1. The molecule has 6 heteroatoms. The molecule has 0 radical (unpaired) electrons. The van der Waals surface area contributed by atoms with Gasteiger partial charge in [-0.1, -0.05) is 30.3 Å². The quantitative estimate of drug-likeness (QED) is 0.794. The predicted molar refractivity (Wildman–Crippen MR) is 110 cm³/mol. The third-order valence-corrected chi connectivity index (χ3v) is 6.12. The summed E-state index contributed by atoms with van der Waals surface area (Å²) >= 11 is 0.